The summed E-state index contributed by atoms with van der Waals surface area (Å²) >= 11 is 0. The molecule has 2 aromatic carbocycles. The molecule has 0 saturated heterocycles. The van der Waals surface area contributed by atoms with Gasteiger partial charge in [0.1, 0.15) is 11.6 Å². The molecule has 5 heteroatoms. The molecule has 0 amide bonds. The van der Waals surface area contributed by atoms with E-state index in [1.807, 2.05) is 6.07 Å². The summed E-state index contributed by atoms with van der Waals surface area (Å²) in [6.07, 6.45) is 0. The van der Waals surface area contributed by atoms with Crippen molar-refractivity contribution in [3.05, 3.63) is 71.3 Å². The summed E-state index contributed by atoms with van der Waals surface area (Å²) in [5, 5.41) is 12.1. The van der Waals surface area contributed by atoms with E-state index in [0.29, 0.717) is 11.1 Å². The second-order valence-electron chi connectivity index (χ2n) is 4.67. The molecule has 0 radical (unpaired) electrons. The Morgan fingerprint density at radius 2 is 1.86 bits per heavy atom. The van der Waals surface area contributed by atoms with Crippen LogP contribution in [0.4, 0.5) is 8.78 Å². The molecule has 0 bridgehead atoms. The normalized spacial score (nSPS) is 12.1. The maximum absolute atomic E-state index is 13.5. The molecule has 3 nitrogen and oxygen atoms in total. The lowest BCUT2D eigenvalue weighted by molar-refractivity contribution is -0.138. The van der Waals surface area contributed by atoms with Crippen LogP contribution < -0.4 is 5.32 Å². The Balaban J connectivity index is 1.98. The van der Waals surface area contributed by atoms with Crippen LogP contribution in [0.15, 0.2) is 48.5 Å². The van der Waals surface area contributed by atoms with E-state index in [9.17, 15) is 18.7 Å². The molecule has 2 rings (SSSR count). The van der Waals surface area contributed by atoms with Gasteiger partial charge >= 0.3 is 5.97 Å². The van der Waals surface area contributed by atoms with E-state index in [2.05, 4.69) is 5.32 Å². The summed E-state index contributed by atoms with van der Waals surface area (Å²) in [5.41, 5.74) is 0.977. The van der Waals surface area contributed by atoms with Crippen molar-refractivity contribution in [1.82, 2.24) is 5.32 Å². The first-order valence-corrected chi connectivity index (χ1v) is 6.50. The monoisotopic (exact) mass is 291 g/mol. The molecule has 2 N–H and O–H groups in total. The van der Waals surface area contributed by atoms with Crippen molar-refractivity contribution in [2.45, 2.75) is 12.5 Å². The van der Waals surface area contributed by atoms with Gasteiger partial charge in [0.2, 0.25) is 0 Å². The third-order valence-electron chi connectivity index (χ3n) is 3.18. The summed E-state index contributed by atoms with van der Waals surface area (Å²) in [6.45, 7) is 0.304. The van der Waals surface area contributed by atoms with Crippen molar-refractivity contribution in [2.75, 3.05) is 6.54 Å². The first-order valence-electron chi connectivity index (χ1n) is 6.50. The molecular weight excluding hydrogens is 276 g/mol. The van der Waals surface area contributed by atoms with Crippen molar-refractivity contribution < 1.29 is 18.7 Å². The van der Waals surface area contributed by atoms with Gasteiger partial charge < -0.3 is 10.4 Å². The van der Waals surface area contributed by atoms with Crippen molar-refractivity contribution in [1.29, 1.82) is 0 Å². The zero-order valence-electron chi connectivity index (χ0n) is 11.2. The molecule has 1 unspecified atom stereocenters. The average Bonchev–Trinajstić information content (AvgIpc) is 2.46. The molecule has 0 aromatic heterocycles. The summed E-state index contributed by atoms with van der Waals surface area (Å²) in [7, 11) is 0. The summed E-state index contributed by atoms with van der Waals surface area (Å²) in [6, 6.07) is 12.1. The average molecular weight is 291 g/mol. The highest BCUT2D eigenvalue weighted by atomic mass is 19.1. The largest absolute Gasteiger partial charge is 0.481 e. The molecule has 0 aliphatic rings. The van der Waals surface area contributed by atoms with Crippen LogP contribution >= 0.6 is 0 Å². The third-order valence-corrected chi connectivity index (χ3v) is 3.18. The third kappa shape index (κ3) is 4.10. The fraction of sp³-hybridized carbons (Fsp3) is 0.188. The number of carboxylic acids is 1. The number of aliphatic carboxylic acids is 1. The predicted octanol–water partition coefficient (Wildman–Crippen LogP) is 2.92. The summed E-state index contributed by atoms with van der Waals surface area (Å²) in [5.74, 6) is -2.94. The van der Waals surface area contributed by atoms with Gasteiger partial charge in [-0.15, -0.1) is 0 Å². The molecule has 0 aliphatic carbocycles. The van der Waals surface area contributed by atoms with E-state index in [1.54, 1.807) is 24.3 Å². The van der Waals surface area contributed by atoms with Crippen LogP contribution in [-0.4, -0.2) is 17.6 Å². The first-order chi connectivity index (χ1) is 10.1. The lowest BCUT2D eigenvalue weighted by Gasteiger charge is -2.14. The molecule has 0 heterocycles. The van der Waals surface area contributed by atoms with Gasteiger partial charge in [0.05, 0.1) is 5.92 Å². The van der Waals surface area contributed by atoms with Gasteiger partial charge in [-0.1, -0.05) is 36.4 Å². The second kappa shape index (κ2) is 6.95. The first kappa shape index (κ1) is 15.1. The van der Waals surface area contributed by atoms with Crippen LogP contribution in [0.3, 0.4) is 0 Å². The van der Waals surface area contributed by atoms with Crippen LogP contribution in [0.2, 0.25) is 0 Å². The minimum absolute atomic E-state index is 0.142. The molecule has 110 valence electrons. The SMILES string of the molecule is O=C(O)C(CNCc1ccc(F)cc1F)c1ccccc1. The Hall–Kier alpha value is -2.27. The van der Waals surface area contributed by atoms with Gasteiger partial charge in [-0.25, -0.2) is 8.78 Å². The topological polar surface area (TPSA) is 49.3 Å². The maximum Gasteiger partial charge on any atom is 0.312 e. The highest BCUT2D eigenvalue weighted by Crippen LogP contribution is 2.15. The van der Waals surface area contributed by atoms with Gasteiger partial charge in [-0.05, 0) is 11.6 Å². The Morgan fingerprint density at radius 3 is 2.48 bits per heavy atom. The maximum atomic E-state index is 13.5. The lowest BCUT2D eigenvalue weighted by Crippen LogP contribution is -2.26. The number of hydrogen-bond donors (Lipinski definition) is 2. The van der Waals surface area contributed by atoms with E-state index in [4.69, 9.17) is 0 Å². The van der Waals surface area contributed by atoms with Crippen molar-refractivity contribution in [3.63, 3.8) is 0 Å². The quantitative estimate of drug-likeness (QED) is 0.860. The number of benzene rings is 2. The fourth-order valence-electron chi connectivity index (χ4n) is 2.05. The van der Waals surface area contributed by atoms with Crippen molar-refractivity contribution in [3.8, 4) is 0 Å². The van der Waals surface area contributed by atoms with Crippen LogP contribution in [0.1, 0.15) is 17.0 Å². The van der Waals surface area contributed by atoms with Crippen LogP contribution in [0.5, 0.6) is 0 Å². The zero-order valence-corrected chi connectivity index (χ0v) is 11.2. The molecule has 0 saturated carbocycles. The van der Waals surface area contributed by atoms with Gasteiger partial charge in [0, 0.05) is 24.7 Å². The fourth-order valence-corrected chi connectivity index (χ4v) is 2.05. The highest BCUT2D eigenvalue weighted by molar-refractivity contribution is 5.76. The Morgan fingerprint density at radius 1 is 1.14 bits per heavy atom. The number of rotatable bonds is 6. The minimum Gasteiger partial charge on any atom is -0.481 e. The Kier molecular flexibility index (Phi) is 5.00. The second-order valence-corrected chi connectivity index (χ2v) is 4.67. The Labute approximate surface area is 121 Å². The molecule has 1 atom stereocenters. The van der Waals surface area contributed by atoms with Gasteiger partial charge in [-0.3, -0.25) is 4.79 Å². The number of halogens is 2. The molecule has 21 heavy (non-hydrogen) atoms. The van der Waals surface area contributed by atoms with E-state index >= 15 is 0 Å². The van der Waals surface area contributed by atoms with E-state index in [-0.39, 0.29) is 13.1 Å². The number of nitrogens with one attached hydrogen (secondary N) is 1. The standard InChI is InChI=1S/C16H15F2NO2/c17-13-7-6-12(15(18)8-13)9-19-10-14(16(20)21)11-4-2-1-3-5-11/h1-8,14,19H,9-10H2,(H,20,21). The number of carbonyl (C=O) groups is 1. The van der Waals surface area contributed by atoms with Crippen molar-refractivity contribution in [2.24, 2.45) is 0 Å². The summed E-state index contributed by atoms with van der Waals surface area (Å²) in [4.78, 5) is 11.3. The smallest absolute Gasteiger partial charge is 0.312 e. The van der Waals surface area contributed by atoms with Gasteiger partial charge in [-0.2, -0.15) is 0 Å². The molecular formula is C16H15F2NO2. The number of carboxylic acid groups (broad SMARTS) is 1. The highest BCUT2D eigenvalue weighted by Gasteiger charge is 2.19. The van der Waals surface area contributed by atoms with Gasteiger partial charge in [0.25, 0.3) is 0 Å². The predicted molar refractivity (Wildman–Crippen MR) is 74.9 cm³/mol. The van der Waals surface area contributed by atoms with E-state index in [1.165, 1.54) is 12.1 Å². The van der Waals surface area contributed by atoms with E-state index < -0.39 is 23.5 Å². The summed E-state index contributed by atoms with van der Waals surface area (Å²) < 4.78 is 26.2. The van der Waals surface area contributed by atoms with E-state index in [0.717, 1.165) is 6.07 Å². The van der Waals surface area contributed by atoms with Crippen LogP contribution in [0, 0.1) is 11.6 Å². The van der Waals surface area contributed by atoms with Crippen LogP contribution in [-0.2, 0) is 11.3 Å². The molecule has 0 fully saturated rings. The lowest BCUT2D eigenvalue weighted by atomic mass is 9.99. The number of hydrogen-bond acceptors (Lipinski definition) is 2. The molecule has 0 aliphatic heterocycles. The zero-order chi connectivity index (χ0) is 15.2. The Bertz CT molecular complexity index is 617. The molecule has 2 aromatic rings. The minimum atomic E-state index is -0.951. The molecule has 0 spiro atoms. The van der Waals surface area contributed by atoms with Crippen molar-refractivity contribution >= 4 is 5.97 Å². The van der Waals surface area contributed by atoms with Crippen LogP contribution in [0.25, 0.3) is 0 Å². The van der Waals surface area contributed by atoms with Gasteiger partial charge in [0.15, 0.2) is 0 Å².